The van der Waals surface area contributed by atoms with E-state index in [0.29, 0.717) is 11.6 Å². The average Bonchev–Trinajstić information content (AvgIpc) is 3.08. The van der Waals surface area contributed by atoms with E-state index in [1.165, 1.54) is 29.5 Å². The van der Waals surface area contributed by atoms with Crippen molar-refractivity contribution in [3.8, 4) is 0 Å². The van der Waals surface area contributed by atoms with Gasteiger partial charge in [0.15, 0.2) is 15.0 Å². The Morgan fingerprint density at radius 3 is 2.86 bits per heavy atom. The number of carbonyl (C=O) groups is 2. The third-order valence-electron chi connectivity index (χ3n) is 3.29. The second-order valence-electron chi connectivity index (χ2n) is 4.84. The first-order valence-corrected chi connectivity index (χ1v) is 9.34. The van der Waals surface area contributed by atoms with Crippen molar-refractivity contribution in [1.29, 1.82) is 0 Å². The van der Waals surface area contributed by atoms with Gasteiger partial charge in [-0.1, -0.05) is 0 Å². The standard InChI is InChI=1S/C12H17N3O5S2/c1-20-5-4-15(9-2-7-22(18,19)8-9)11(17)10(16)14-12-13-3-6-21-12/h3,6,9H,2,4-5,7-8H2,1H3,(H,13,14,16). The van der Waals surface area contributed by atoms with Crippen molar-refractivity contribution in [3.05, 3.63) is 11.6 Å². The van der Waals surface area contributed by atoms with Crippen LogP contribution in [-0.4, -0.2) is 67.9 Å². The van der Waals surface area contributed by atoms with Crippen molar-refractivity contribution in [1.82, 2.24) is 9.88 Å². The Morgan fingerprint density at radius 1 is 1.55 bits per heavy atom. The fourth-order valence-corrected chi connectivity index (χ4v) is 4.48. The Labute approximate surface area is 132 Å². The Morgan fingerprint density at radius 2 is 2.32 bits per heavy atom. The van der Waals surface area contributed by atoms with Gasteiger partial charge >= 0.3 is 11.8 Å². The van der Waals surface area contributed by atoms with E-state index in [1.54, 1.807) is 5.38 Å². The molecule has 1 aliphatic rings. The van der Waals surface area contributed by atoms with Crippen molar-refractivity contribution < 1.29 is 22.7 Å². The largest absolute Gasteiger partial charge is 0.383 e. The third kappa shape index (κ3) is 4.24. The molecule has 122 valence electrons. The van der Waals surface area contributed by atoms with Crippen molar-refractivity contribution in [2.75, 3.05) is 37.1 Å². The summed E-state index contributed by atoms with van der Waals surface area (Å²) in [7, 11) is -1.68. The Bertz CT molecular complexity index is 629. The maximum Gasteiger partial charge on any atom is 0.315 e. The topological polar surface area (TPSA) is 106 Å². The van der Waals surface area contributed by atoms with E-state index in [1.807, 2.05) is 0 Å². The summed E-state index contributed by atoms with van der Waals surface area (Å²) in [6, 6.07) is -0.491. The normalized spacial score (nSPS) is 19.8. The number of nitrogens with one attached hydrogen (secondary N) is 1. The summed E-state index contributed by atoms with van der Waals surface area (Å²) >= 11 is 1.20. The molecule has 1 saturated heterocycles. The lowest BCUT2D eigenvalue weighted by Crippen LogP contribution is -2.47. The van der Waals surface area contributed by atoms with E-state index in [-0.39, 0.29) is 24.7 Å². The van der Waals surface area contributed by atoms with Gasteiger partial charge in [-0.15, -0.1) is 11.3 Å². The van der Waals surface area contributed by atoms with Gasteiger partial charge < -0.3 is 9.64 Å². The number of amides is 2. The van der Waals surface area contributed by atoms with E-state index in [9.17, 15) is 18.0 Å². The van der Waals surface area contributed by atoms with Gasteiger partial charge in [0, 0.05) is 31.3 Å². The van der Waals surface area contributed by atoms with Crippen LogP contribution in [0.25, 0.3) is 0 Å². The number of carbonyl (C=O) groups excluding carboxylic acids is 2. The SMILES string of the molecule is COCCN(C(=O)C(=O)Nc1nccs1)C1CCS(=O)(=O)C1. The summed E-state index contributed by atoms with van der Waals surface area (Å²) in [5.41, 5.74) is 0. The molecule has 1 aliphatic heterocycles. The minimum atomic E-state index is -3.15. The van der Waals surface area contributed by atoms with E-state index in [0.717, 1.165) is 0 Å². The van der Waals surface area contributed by atoms with E-state index < -0.39 is 27.7 Å². The van der Waals surface area contributed by atoms with Gasteiger partial charge in [0.2, 0.25) is 0 Å². The molecule has 1 fully saturated rings. The first-order valence-electron chi connectivity index (χ1n) is 6.64. The highest BCUT2D eigenvalue weighted by molar-refractivity contribution is 7.91. The van der Waals surface area contributed by atoms with Crippen LogP contribution in [0.4, 0.5) is 5.13 Å². The first-order chi connectivity index (χ1) is 10.4. The zero-order chi connectivity index (χ0) is 16.2. The lowest BCUT2D eigenvalue weighted by atomic mass is 10.2. The molecule has 1 unspecified atom stereocenters. The number of hydrogen-bond acceptors (Lipinski definition) is 7. The van der Waals surface area contributed by atoms with Crippen LogP contribution in [-0.2, 0) is 24.2 Å². The number of hydrogen-bond donors (Lipinski definition) is 1. The maximum atomic E-state index is 12.3. The lowest BCUT2D eigenvalue weighted by Gasteiger charge is -2.27. The highest BCUT2D eigenvalue weighted by Crippen LogP contribution is 2.18. The molecule has 2 rings (SSSR count). The molecule has 0 radical (unpaired) electrons. The summed E-state index contributed by atoms with van der Waals surface area (Å²) in [6.07, 6.45) is 1.85. The van der Waals surface area contributed by atoms with Crippen LogP contribution in [0.5, 0.6) is 0 Å². The van der Waals surface area contributed by atoms with Crippen LogP contribution in [0, 0.1) is 0 Å². The van der Waals surface area contributed by atoms with Crippen molar-refractivity contribution in [2.24, 2.45) is 0 Å². The minimum Gasteiger partial charge on any atom is -0.383 e. The number of methoxy groups -OCH3 is 1. The van der Waals surface area contributed by atoms with Crippen LogP contribution in [0.15, 0.2) is 11.6 Å². The number of ether oxygens (including phenoxy) is 1. The minimum absolute atomic E-state index is 0.0303. The Hall–Kier alpha value is -1.52. The van der Waals surface area contributed by atoms with Crippen LogP contribution in [0.3, 0.4) is 0 Å². The summed E-state index contributed by atoms with van der Waals surface area (Å²) in [5, 5.41) is 4.41. The fourth-order valence-electron chi connectivity index (χ4n) is 2.23. The second kappa shape index (κ2) is 7.16. The Balaban J connectivity index is 2.07. The molecule has 2 heterocycles. The number of sulfone groups is 1. The van der Waals surface area contributed by atoms with Crippen molar-refractivity contribution in [2.45, 2.75) is 12.5 Å². The summed E-state index contributed by atoms with van der Waals surface area (Å²) in [4.78, 5) is 29.5. The quantitative estimate of drug-likeness (QED) is 0.736. The van der Waals surface area contributed by atoms with Crippen LogP contribution < -0.4 is 5.32 Å². The number of nitrogens with zero attached hydrogens (tertiary/aromatic N) is 2. The van der Waals surface area contributed by atoms with E-state index >= 15 is 0 Å². The monoisotopic (exact) mass is 347 g/mol. The van der Waals surface area contributed by atoms with Crippen LogP contribution >= 0.6 is 11.3 Å². The van der Waals surface area contributed by atoms with Crippen molar-refractivity contribution in [3.63, 3.8) is 0 Å². The maximum absolute atomic E-state index is 12.3. The molecule has 0 aliphatic carbocycles. The number of rotatable bonds is 5. The molecule has 0 aromatic carbocycles. The van der Waals surface area contributed by atoms with Gasteiger partial charge in [0.25, 0.3) is 0 Å². The van der Waals surface area contributed by atoms with E-state index in [4.69, 9.17) is 4.74 Å². The highest BCUT2D eigenvalue weighted by Gasteiger charge is 2.36. The molecule has 0 saturated carbocycles. The lowest BCUT2D eigenvalue weighted by molar-refractivity contribution is -0.144. The molecular formula is C12H17N3O5S2. The summed E-state index contributed by atoms with van der Waals surface area (Å²) < 4.78 is 28.1. The molecule has 8 nitrogen and oxygen atoms in total. The first kappa shape index (κ1) is 16.8. The van der Waals surface area contributed by atoms with Gasteiger partial charge in [-0.25, -0.2) is 13.4 Å². The van der Waals surface area contributed by atoms with E-state index in [2.05, 4.69) is 10.3 Å². The summed E-state index contributed by atoms with van der Waals surface area (Å²) in [5.74, 6) is -1.68. The predicted molar refractivity (Wildman–Crippen MR) is 81.4 cm³/mol. The molecule has 1 atom stereocenters. The molecular weight excluding hydrogens is 330 g/mol. The zero-order valence-corrected chi connectivity index (χ0v) is 13.7. The molecule has 10 heteroatoms. The van der Waals surface area contributed by atoms with Gasteiger partial charge in [-0.05, 0) is 6.42 Å². The van der Waals surface area contributed by atoms with Crippen LogP contribution in [0.2, 0.25) is 0 Å². The van der Waals surface area contributed by atoms with Crippen molar-refractivity contribution >= 4 is 38.1 Å². The zero-order valence-electron chi connectivity index (χ0n) is 12.0. The third-order valence-corrected chi connectivity index (χ3v) is 5.73. The number of thiazole rings is 1. The van der Waals surface area contributed by atoms with Gasteiger partial charge in [0.05, 0.1) is 18.1 Å². The summed E-state index contributed by atoms with van der Waals surface area (Å²) in [6.45, 7) is 0.396. The molecule has 1 aromatic heterocycles. The number of aromatic nitrogens is 1. The molecule has 0 bridgehead atoms. The fraction of sp³-hybridized carbons (Fsp3) is 0.583. The van der Waals surface area contributed by atoms with Gasteiger partial charge in [-0.3, -0.25) is 14.9 Å². The molecule has 0 spiro atoms. The van der Waals surface area contributed by atoms with Gasteiger partial charge in [0.1, 0.15) is 0 Å². The molecule has 1 aromatic rings. The Kier molecular flexibility index (Phi) is 5.48. The molecule has 1 N–H and O–H groups in total. The average molecular weight is 347 g/mol. The van der Waals surface area contributed by atoms with Crippen LogP contribution in [0.1, 0.15) is 6.42 Å². The predicted octanol–water partition coefficient (Wildman–Crippen LogP) is -0.256. The second-order valence-corrected chi connectivity index (χ2v) is 7.96. The smallest absolute Gasteiger partial charge is 0.315 e. The molecule has 2 amide bonds. The van der Waals surface area contributed by atoms with Gasteiger partial charge in [-0.2, -0.15) is 0 Å². The molecule has 22 heavy (non-hydrogen) atoms. The number of anilines is 1. The highest BCUT2D eigenvalue weighted by atomic mass is 32.2.